The molecule has 0 N–H and O–H groups in total. The number of rotatable bonds is 10. The summed E-state index contributed by atoms with van der Waals surface area (Å²) in [6.45, 7) is 1.41. The van der Waals surface area contributed by atoms with Crippen LogP contribution in [0, 0.1) is 5.92 Å². The molecule has 0 radical (unpaired) electrons. The number of aromatic nitrogens is 2. The predicted molar refractivity (Wildman–Crippen MR) is 114 cm³/mol. The van der Waals surface area contributed by atoms with Gasteiger partial charge in [0, 0.05) is 39.0 Å². The lowest BCUT2D eigenvalue weighted by Gasteiger charge is -2.21. The molecule has 0 aliphatic carbocycles. The third kappa shape index (κ3) is 6.58. The Kier molecular flexibility index (Phi) is 7.78. The molecule has 156 valence electrons. The number of hydrogen-bond donors (Lipinski definition) is 0. The van der Waals surface area contributed by atoms with Gasteiger partial charge in [-0.2, -0.15) is 0 Å². The Balaban J connectivity index is 1.60. The van der Waals surface area contributed by atoms with Gasteiger partial charge in [0.1, 0.15) is 6.61 Å². The maximum absolute atomic E-state index is 12.8. The van der Waals surface area contributed by atoms with Gasteiger partial charge in [-0.3, -0.25) is 9.59 Å². The number of carbonyl (C=O) groups is 2. The van der Waals surface area contributed by atoms with E-state index in [0.29, 0.717) is 19.5 Å². The van der Waals surface area contributed by atoms with Crippen LogP contribution in [0.25, 0.3) is 0 Å². The van der Waals surface area contributed by atoms with E-state index in [1.807, 2.05) is 71.4 Å². The number of ether oxygens (including phenoxy) is 1. The van der Waals surface area contributed by atoms with Crippen LogP contribution in [0.15, 0.2) is 79.4 Å². The second-order valence-corrected chi connectivity index (χ2v) is 7.30. The zero-order valence-electron chi connectivity index (χ0n) is 17.2. The number of nitrogens with zero attached hydrogens (tertiary/aromatic N) is 3. The molecule has 0 saturated heterocycles. The Hall–Kier alpha value is -3.41. The monoisotopic (exact) mass is 405 g/mol. The van der Waals surface area contributed by atoms with Crippen LogP contribution in [0.3, 0.4) is 0 Å². The van der Waals surface area contributed by atoms with Gasteiger partial charge >= 0.3 is 5.97 Å². The molecule has 30 heavy (non-hydrogen) atoms. The molecule has 0 fully saturated rings. The first-order valence-electron chi connectivity index (χ1n) is 10.1. The average molecular weight is 405 g/mol. The first-order valence-corrected chi connectivity index (χ1v) is 10.1. The van der Waals surface area contributed by atoms with E-state index < -0.39 is 5.92 Å². The van der Waals surface area contributed by atoms with Crippen molar-refractivity contribution in [3.63, 3.8) is 0 Å². The highest BCUT2D eigenvalue weighted by Crippen LogP contribution is 2.17. The molecule has 0 aliphatic heterocycles. The molecule has 0 spiro atoms. The van der Waals surface area contributed by atoms with Crippen molar-refractivity contribution in [3.8, 4) is 0 Å². The summed E-state index contributed by atoms with van der Waals surface area (Å²) in [7, 11) is 1.76. The normalized spacial score (nSPS) is 11.6. The Morgan fingerprint density at radius 1 is 1.03 bits per heavy atom. The molecule has 0 bridgehead atoms. The van der Waals surface area contributed by atoms with Gasteiger partial charge in [0.25, 0.3) is 0 Å². The van der Waals surface area contributed by atoms with E-state index in [-0.39, 0.29) is 24.9 Å². The van der Waals surface area contributed by atoms with Gasteiger partial charge in [-0.1, -0.05) is 60.7 Å². The fourth-order valence-corrected chi connectivity index (χ4v) is 3.16. The second kappa shape index (κ2) is 11.0. The molecular weight excluding hydrogens is 378 g/mol. The summed E-state index contributed by atoms with van der Waals surface area (Å²) >= 11 is 0. The summed E-state index contributed by atoms with van der Waals surface area (Å²) in [5, 5.41) is 0. The number of likely N-dealkylation sites (N-methyl/N-ethyl adjacent to an activating group) is 1. The van der Waals surface area contributed by atoms with E-state index in [2.05, 4.69) is 4.98 Å². The van der Waals surface area contributed by atoms with Gasteiger partial charge < -0.3 is 14.2 Å². The molecule has 1 amide bonds. The van der Waals surface area contributed by atoms with Crippen molar-refractivity contribution in [2.45, 2.75) is 26.0 Å². The first-order chi connectivity index (χ1) is 14.6. The molecule has 1 aromatic heterocycles. The minimum Gasteiger partial charge on any atom is -0.461 e. The number of benzene rings is 2. The second-order valence-electron chi connectivity index (χ2n) is 7.30. The van der Waals surface area contributed by atoms with Crippen molar-refractivity contribution < 1.29 is 14.3 Å². The summed E-state index contributed by atoms with van der Waals surface area (Å²) in [6, 6.07) is 19.3. The van der Waals surface area contributed by atoms with Gasteiger partial charge in [-0.05, 0) is 17.5 Å². The molecule has 3 aromatic rings. The van der Waals surface area contributed by atoms with Crippen molar-refractivity contribution >= 4 is 11.9 Å². The van der Waals surface area contributed by atoms with Crippen LogP contribution in [-0.4, -0.2) is 39.9 Å². The van der Waals surface area contributed by atoms with Crippen LogP contribution < -0.4 is 0 Å². The summed E-state index contributed by atoms with van der Waals surface area (Å²) in [4.78, 5) is 31.3. The SMILES string of the molecule is CN(CCn1ccnc1)C(=O)C[C@@H](Cc1ccccc1)C(=O)OCc1ccccc1. The fraction of sp³-hybridized carbons (Fsp3) is 0.292. The lowest BCUT2D eigenvalue weighted by atomic mass is 9.95. The highest BCUT2D eigenvalue weighted by atomic mass is 16.5. The minimum atomic E-state index is -0.528. The molecule has 1 atom stereocenters. The van der Waals surface area contributed by atoms with E-state index in [1.165, 1.54) is 0 Å². The molecule has 6 nitrogen and oxygen atoms in total. The van der Waals surface area contributed by atoms with E-state index in [1.54, 1.807) is 24.5 Å². The molecule has 3 rings (SSSR count). The lowest BCUT2D eigenvalue weighted by Crippen LogP contribution is -2.34. The van der Waals surface area contributed by atoms with Crippen LogP contribution in [0.5, 0.6) is 0 Å². The third-order valence-electron chi connectivity index (χ3n) is 4.98. The van der Waals surface area contributed by atoms with Crippen molar-refractivity contribution in [2.24, 2.45) is 5.92 Å². The fourth-order valence-electron chi connectivity index (χ4n) is 3.16. The van der Waals surface area contributed by atoms with E-state index >= 15 is 0 Å². The van der Waals surface area contributed by atoms with Crippen molar-refractivity contribution in [2.75, 3.05) is 13.6 Å². The van der Waals surface area contributed by atoms with Crippen LogP contribution >= 0.6 is 0 Å². The Morgan fingerprint density at radius 2 is 1.70 bits per heavy atom. The van der Waals surface area contributed by atoms with Gasteiger partial charge in [0.15, 0.2) is 0 Å². The summed E-state index contributed by atoms with van der Waals surface area (Å²) < 4.78 is 7.46. The Bertz CT molecular complexity index is 911. The molecule has 0 unspecified atom stereocenters. The number of carbonyl (C=O) groups excluding carboxylic acids is 2. The van der Waals surface area contributed by atoms with Crippen LogP contribution in [-0.2, 0) is 33.9 Å². The topological polar surface area (TPSA) is 64.4 Å². The smallest absolute Gasteiger partial charge is 0.310 e. The summed E-state index contributed by atoms with van der Waals surface area (Å²) in [6.07, 6.45) is 5.87. The third-order valence-corrected chi connectivity index (χ3v) is 4.98. The molecule has 0 saturated carbocycles. The average Bonchev–Trinajstić information content (AvgIpc) is 3.30. The van der Waals surface area contributed by atoms with E-state index in [4.69, 9.17) is 4.74 Å². The standard InChI is InChI=1S/C24H27N3O3/c1-26(14-15-27-13-12-25-19-27)23(28)17-22(16-20-8-4-2-5-9-20)24(29)30-18-21-10-6-3-7-11-21/h2-13,19,22H,14-18H2,1H3/t22-/m1/s1. The Morgan fingerprint density at radius 3 is 2.33 bits per heavy atom. The van der Waals surface area contributed by atoms with Gasteiger partial charge in [-0.25, -0.2) is 4.98 Å². The lowest BCUT2D eigenvalue weighted by molar-refractivity contribution is -0.152. The van der Waals surface area contributed by atoms with Crippen LogP contribution in [0.2, 0.25) is 0 Å². The van der Waals surface area contributed by atoms with Crippen molar-refractivity contribution in [3.05, 3.63) is 90.5 Å². The number of esters is 1. The van der Waals surface area contributed by atoms with E-state index in [9.17, 15) is 9.59 Å². The highest BCUT2D eigenvalue weighted by Gasteiger charge is 2.25. The number of hydrogen-bond acceptors (Lipinski definition) is 4. The zero-order valence-corrected chi connectivity index (χ0v) is 17.2. The molecule has 6 heteroatoms. The maximum atomic E-state index is 12.8. The molecule has 2 aromatic carbocycles. The van der Waals surface area contributed by atoms with Crippen LogP contribution in [0.1, 0.15) is 17.5 Å². The highest BCUT2D eigenvalue weighted by molar-refractivity contribution is 5.83. The Labute approximate surface area is 177 Å². The van der Waals surface area contributed by atoms with Gasteiger partial charge in [0.2, 0.25) is 5.91 Å². The predicted octanol–water partition coefficient (Wildman–Crippen LogP) is 3.33. The van der Waals surface area contributed by atoms with Crippen LogP contribution in [0.4, 0.5) is 0 Å². The summed E-state index contributed by atoms with van der Waals surface area (Å²) in [5.74, 6) is -0.953. The minimum absolute atomic E-state index is 0.0762. The molecule has 1 heterocycles. The first kappa shape index (κ1) is 21.3. The van der Waals surface area contributed by atoms with Gasteiger partial charge in [-0.15, -0.1) is 0 Å². The zero-order chi connectivity index (χ0) is 21.2. The number of imidazole rings is 1. The molecular formula is C24H27N3O3. The van der Waals surface area contributed by atoms with Crippen molar-refractivity contribution in [1.29, 1.82) is 0 Å². The number of amides is 1. The van der Waals surface area contributed by atoms with E-state index in [0.717, 1.165) is 11.1 Å². The van der Waals surface area contributed by atoms with Crippen molar-refractivity contribution in [1.82, 2.24) is 14.5 Å². The van der Waals surface area contributed by atoms with Gasteiger partial charge in [0.05, 0.1) is 12.2 Å². The maximum Gasteiger partial charge on any atom is 0.310 e. The largest absolute Gasteiger partial charge is 0.461 e. The quantitative estimate of drug-likeness (QED) is 0.486. The summed E-state index contributed by atoms with van der Waals surface area (Å²) in [5.41, 5.74) is 1.93. The molecule has 0 aliphatic rings.